The number of fused-ring (bicyclic) bond motifs is 1. The van der Waals surface area contributed by atoms with Gasteiger partial charge in [-0.2, -0.15) is 4.98 Å². The molecule has 0 amide bonds. The third-order valence-electron chi connectivity index (χ3n) is 4.64. The first-order valence-electron chi connectivity index (χ1n) is 7.86. The summed E-state index contributed by atoms with van der Waals surface area (Å²) in [6, 6.07) is 0. The Bertz CT molecular complexity index is 923. The van der Waals surface area contributed by atoms with E-state index in [4.69, 9.17) is 20.3 Å². The van der Waals surface area contributed by atoms with Gasteiger partial charge in [0, 0.05) is 5.92 Å². The van der Waals surface area contributed by atoms with E-state index >= 15 is 0 Å². The minimum absolute atomic E-state index is 0.0601. The first-order chi connectivity index (χ1) is 12.1. The molecule has 1 fully saturated rings. The van der Waals surface area contributed by atoms with Gasteiger partial charge in [0.05, 0.1) is 19.0 Å². The van der Waals surface area contributed by atoms with Crippen LogP contribution in [0.4, 0.5) is 5.95 Å². The van der Waals surface area contributed by atoms with Crippen LogP contribution in [0.2, 0.25) is 0 Å². The highest BCUT2D eigenvalue weighted by atomic mass is 31.2. The van der Waals surface area contributed by atoms with Gasteiger partial charge >= 0.3 is 7.82 Å². The van der Waals surface area contributed by atoms with Crippen LogP contribution in [-0.2, 0) is 13.8 Å². The van der Waals surface area contributed by atoms with Crippen LogP contribution in [0.25, 0.3) is 11.2 Å². The number of aliphatic hydroxyl groups is 1. The van der Waals surface area contributed by atoms with Crippen LogP contribution < -0.4 is 11.3 Å². The molecule has 1 aliphatic heterocycles. The molecule has 0 aromatic carbocycles. The van der Waals surface area contributed by atoms with Crippen LogP contribution in [-0.4, -0.2) is 52.7 Å². The summed E-state index contributed by atoms with van der Waals surface area (Å²) in [6.45, 7) is 2.90. The standard InChI is InChI=1S/C13H20N5O7P/c1-3-13(4-24-26(21,22)23)8(19)6(2)11(25-13)18-5-15-7-9(18)16-12(14)17-10(7)20/h5-6,8,11,19H,3-4H2,1-2H3,(H2,21,22,23)(H3,14,16,17,20). The first kappa shape index (κ1) is 19.0. The average molecular weight is 389 g/mol. The monoisotopic (exact) mass is 389 g/mol. The van der Waals surface area contributed by atoms with Gasteiger partial charge in [0.15, 0.2) is 11.2 Å². The number of rotatable bonds is 5. The maximum Gasteiger partial charge on any atom is 0.469 e. The zero-order valence-corrected chi connectivity index (χ0v) is 15.0. The summed E-state index contributed by atoms with van der Waals surface area (Å²) in [4.78, 5) is 40.3. The van der Waals surface area contributed by atoms with Gasteiger partial charge in [-0.3, -0.25) is 18.9 Å². The van der Waals surface area contributed by atoms with E-state index in [1.165, 1.54) is 10.9 Å². The first-order valence-corrected chi connectivity index (χ1v) is 9.39. The summed E-state index contributed by atoms with van der Waals surface area (Å²) in [6.07, 6.45) is -0.294. The Morgan fingerprint density at radius 3 is 2.85 bits per heavy atom. The second-order valence-electron chi connectivity index (χ2n) is 6.27. The fraction of sp³-hybridized carbons (Fsp3) is 0.615. The Balaban J connectivity index is 2.00. The minimum Gasteiger partial charge on any atom is -0.390 e. The van der Waals surface area contributed by atoms with Crippen LogP contribution in [0.5, 0.6) is 0 Å². The van der Waals surface area contributed by atoms with Crippen molar-refractivity contribution in [2.75, 3.05) is 12.3 Å². The van der Waals surface area contributed by atoms with Crippen LogP contribution in [0, 0.1) is 5.92 Å². The van der Waals surface area contributed by atoms with Gasteiger partial charge in [-0.15, -0.1) is 0 Å². The second-order valence-corrected chi connectivity index (χ2v) is 7.51. The lowest BCUT2D eigenvalue weighted by Gasteiger charge is -2.30. The van der Waals surface area contributed by atoms with E-state index in [9.17, 15) is 14.5 Å². The third-order valence-corrected chi connectivity index (χ3v) is 5.11. The molecule has 2 aromatic heterocycles. The Morgan fingerprint density at radius 1 is 1.54 bits per heavy atom. The molecule has 2 aromatic rings. The molecule has 4 atom stereocenters. The van der Waals surface area contributed by atoms with Crippen LogP contribution in [0.15, 0.2) is 11.1 Å². The Labute approximate surface area is 147 Å². The number of anilines is 1. The number of H-pyrrole nitrogens is 1. The molecule has 1 saturated heterocycles. The number of hydrogen-bond acceptors (Lipinski definition) is 8. The number of aromatic nitrogens is 4. The van der Waals surface area contributed by atoms with Crippen molar-refractivity contribution in [3.63, 3.8) is 0 Å². The summed E-state index contributed by atoms with van der Waals surface area (Å²) < 4.78 is 23.1. The van der Waals surface area contributed by atoms with Gasteiger partial charge in [0.1, 0.15) is 11.8 Å². The van der Waals surface area contributed by atoms with Crippen molar-refractivity contribution in [2.45, 2.75) is 38.2 Å². The van der Waals surface area contributed by atoms with Crippen molar-refractivity contribution in [1.29, 1.82) is 0 Å². The molecule has 13 heteroatoms. The lowest BCUT2D eigenvalue weighted by Crippen LogP contribution is -2.44. The number of nitrogens with one attached hydrogen (secondary N) is 1. The van der Waals surface area contributed by atoms with Gasteiger partial charge in [-0.1, -0.05) is 13.8 Å². The summed E-state index contributed by atoms with van der Waals surface area (Å²) >= 11 is 0. The molecule has 3 heterocycles. The fourth-order valence-corrected chi connectivity index (χ4v) is 3.59. The number of aliphatic hydroxyl groups excluding tert-OH is 1. The van der Waals surface area contributed by atoms with Gasteiger partial charge in [-0.05, 0) is 6.42 Å². The molecule has 144 valence electrons. The fourth-order valence-electron chi connectivity index (χ4n) is 3.20. The molecule has 0 spiro atoms. The maximum absolute atomic E-state index is 11.9. The normalized spacial score (nSPS) is 29.5. The Morgan fingerprint density at radius 2 is 2.23 bits per heavy atom. The van der Waals surface area contributed by atoms with E-state index in [2.05, 4.69) is 19.5 Å². The zero-order valence-electron chi connectivity index (χ0n) is 14.1. The highest BCUT2D eigenvalue weighted by molar-refractivity contribution is 7.46. The molecule has 0 aliphatic carbocycles. The van der Waals surface area contributed by atoms with Crippen molar-refractivity contribution in [1.82, 2.24) is 19.5 Å². The van der Waals surface area contributed by atoms with Crippen LogP contribution >= 0.6 is 7.82 Å². The van der Waals surface area contributed by atoms with E-state index in [0.29, 0.717) is 0 Å². The number of ether oxygens (including phenoxy) is 1. The van der Waals surface area contributed by atoms with Gasteiger partial charge in [-0.25, -0.2) is 9.55 Å². The molecule has 26 heavy (non-hydrogen) atoms. The second kappa shape index (κ2) is 6.41. The summed E-state index contributed by atoms with van der Waals surface area (Å²) in [5.41, 5.74) is 3.97. The third kappa shape index (κ3) is 3.15. The highest BCUT2D eigenvalue weighted by Gasteiger charge is 2.53. The number of nitrogens with zero attached hydrogens (tertiary/aromatic N) is 3. The van der Waals surface area contributed by atoms with Crippen molar-refractivity contribution < 1.29 is 28.7 Å². The van der Waals surface area contributed by atoms with Crippen molar-refractivity contribution in [3.8, 4) is 0 Å². The minimum atomic E-state index is -4.74. The number of nitrogen functional groups attached to an aromatic ring is 1. The number of hydrogen-bond donors (Lipinski definition) is 5. The van der Waals surface area contributed by atoms with E-state index in [1.807, 2.05) is 0 Å². The molecule has 0 bridgehead atoms. The lowest BCUT2D eigenvalue weighted by atomic mass is 9.89. The number of phosphoric ester groups is 1. The molecule has 0 radical (unpaired) electrons. The summed E-state index contributed by atoms with van der Waals surface area (Å²) in [5, 5.41) is 10.7. The smallest absolute Gasteiger partial charge is 0.390 e. The molecule has 12 nitrogen and oxygen atoms in total. The van der Waals surface area contributed by atoms with Crippen molar-refractivity contribution >= 4 is 24.9 Å². The average Bonchev–Trinajstić information content (AvgIpc) is 3.07. The maximum atomic E-state index is 11.9. The predicted molar refractivity (Wildman–Crippen MR) is 88.9 cm³/mol. The van der Waals surface area contributed by atoms with Crippen LogP contribution in [0.3, 0.4) is 0 Å². The molecule has 1 aliphatic rings. The number of phosphoric acid groups is 1. The number of imidazole rings is 1. The zero-order chi connectivity index (χ0) is 19.3. The van der Waals surface area contributed by atoms with Gasteiger partial charge in [0.25, 0.3) is 5.56 Å². The number of nitrogens with two attached hydrogens (primary N) is 1. The highest BCUT2D eigenvalue weighted by Crippen LogP contribution is 2.47. The molecular weight excluding hydrogens is 369 g/mol. The SMILES string of the molecule is CCC1(COP(=O)(O)O)OC(n2cnc3c(=O)[nH]c(N)nc32)C(C)C1O. The number of aromatic amines is 1. The largest absolute Gasteiger partial charge is 0.469 e. The molecule has 4 unspecified atom stereocenters. The van der Waals surface area contributed by atoms with Crippen molar-refractivity contribution in [2.24, 2.45) is 5.92 Å². The van der Waals surface area contributed by atoms with Crippen LogP contribution in [0.1, 0.15) is 26.5 Å². The predicted octanol–water partition coefficient (Wildman–Crippen LogP) is -0.514. The van der Waals surface area contributed by atoms with E-state index < -0.39 is 43.8 Å². The Kier molecular flexibility index (Phi) is 4.67. The molecule has 6 N–H and O–H groups in total. The summed E-state index contributed by atoms with van der Waals surface area (Å²) in [5.74, 6) is -0.600. The summed E-state index contributed by atoms with van der Waals surface area (Å²) in [7, 11) is -4.74. The van der Waals surface area contributed by atoms with E-state index in [1.54, 1.807) is 13.8 Å². The molecule has 3 rings (SSSR count). The van der Waals surface area contributed by atoms with E-state index in [-0.39, 0.29) is 23.5 Å². The molecular formula is C13H20N5O7P. The topological polar surface area (TPSA) is 186 Å². The quantitative estimate of drug-likeness (QED) is 0.417. The van der Waals surface area contributed by atoms with E-state index in [0.717, 1.165) is 0 Å². The Hall–Kier alpha value is -1.82. The lowest BCUT2D eigenvalue weighted by molar-refractivity contribution is -0.126. The van der Waals surface area contributed by atoms with Gasteiger partial charge < -0.3 is 25.4 Å². The molecule has 0 saturated carbocycles. The van der Waals surface area contributed by atoms with Crippen molar-refractivity contribution in [3.05, 3.63) is 16.7 Å². The van der Waals surface area contributed by atoms with Gasteiger partial charge in [0.2, 0.25) is 5.95 Å².